The maximum atomic E-state index is 11.2. The molecule has 0 spiro atoms. The number of carbonyl (C=O) groups is 1. The fourth-order valence-electron chi connectivity index (χ4n) is 0.937. The molecule has 0 bridgehead atoms. The zero-order valence-electron chi connectivity index (χ0n) is 7.39. The normalized spacial score (nSPS) is 9.93. The summed E-state index contributed by atoms with van der Waals surface area (Å²) >= 11 is 9.16. The van der Waals surface area contributed by atoms with Gasteiger partial charge in [0.25, 0.3) is 0 Å². The Balaban J connectivity index is 2.75. The van der Waals surface area contributed by atoms with E-state index in [0.29, 0.717) is 23.7 Å². The molecule has 0 fully saturated rings. The third-order valence-corrected chi connectivity index (χ3v) is 2.40. The van der Waals surface area contributed by atoms with Crippen molar-refractivity contribution in [3.05, 3.63) is 27.7 Å². The van der Waals surface area contributed by atoms with Crippen LogP contribution in [0.15, 0.2) is 22.7 Å². The maximum absolute atomic E-state index is 11.2. The largest absolute Gasteiger partial charge is 0.330 e. The number of rotatable bonds is 3. The molecule has 1 aromatic carbocycles. The first kappa shape index (κ1) is 11.5. The van der Waals surface area contributed by atoms with Crippen molar-refractivity contribution in [1.29, 1.82) is 0 Å². The standard InChI is InChI=1S/C9H10BrClN2O/c10-6-1-2-7(11)8(5-6)13-9(14)3-4-12/h1-2,5H,3-4,12H2,(H,13,14). The molecule has 0 saturated carbocycles. The van der Waals surface area contributed by atoms with E-state index in [1.807, 2.05) is 0 Å². The van der Waals surface area contributed by atoms with E-state index in [1.165, 1.54) is 0 Å². The van der Waals surface area contributed by atoms with Gasteiger partial charge in [0.05, 0.1) is 10.7 Å². The van der Waals surface area contributed by atoms with Gasteiger partial charge >= 0.3 is 0 Å². The van der Waals surface area contributed by atoms with Crippen molar-refractivity contribution in [1.82, 2.24) is 0 Å². The Kier molecular flexibility index (Phi) is 4.38. The third kappa shape index (κ3) is 3.29. The van der Waals surface area contributed by atoms with Gasteiger partial charge in [0, 0.05) is 17.4 Å². The van der Waals surface area contributed by atoms with Crippen LogP contribution in [0.1, 0.15) is 6.42 Å². The summed E-state index contributed by atoms with van der Waals surface area (Å²) in [5.74, 6) is -0.132. The highest BCUT2D eigenvalue weighted by atomic mass is 79.9. The Labute approximate surface area is 95.7 Å². The van der Waals surface area contributed by atoms with Crippen LogP contribution in [0.4, 0.5) is 5.69 Å². The molecule has 0 aliphatic heterocycles. The molecule has 0 aliphatic carbocycles. The summed E-state index contributed by atoms with van der Waals surface area (Å²) in [5.41, 5.74) is 5.84. The highest BCUT2D eigenvalue weighted by Gasteiger charge is 2.04. The molecule has 0 heterocycles. The van der Waals surface area contributed by atoms with Gasteiger partial charge in [0.2, 0.25) is 5.91 Å². The lowest BCUT2D eigenvalue weighted by Gasteiger charge is -2.06. The van der Waals surface area contributed by atoms with Crippen molar-refractivity contribution >= 4 is 39.1 Å². The van der Waals surface area contributed by atoms with Gasteiger partial charge < -0.3 is 11.1 Å². The number of carbonyl (C=O) groups excluding carboxylic acids is 1. The Bertz CT molecular complexity index is 344. The van der Waals surface area contributed by atoms with Gasteiger partial charge in [-0.2, -0.15) is 0 Å². The van der Waals surface area contributed by atoms with Gasteiger partial charge in [-0.3, -0.25) is 4.79 Å². The fraction of sp³-hybridized carbons (Fsp3) is 0.222. The third-order valence-electron chi connectivity index (χ3n) is 1.57. The van der Waals surface area contributed by atoms with Crippen molar-refractivity contribution in [2.75, 3.05) is 11.9 Å². The van der Waals surface area contributed by atoms with Gasteiger partial charge in [-0.05, 0) is 18.2 Å². The number of anilines is 1. The van der Waals surface area contributed by atoms with Gasteiger partial charge in [0.15, 0.2) is 0 Å². The highest BCUT2D eigenvalue weighted by molar-refractivity contribution is 9.10. The predicted molar refractivity (Wildman–Crippen MR) is 61.5 cm³/mol. The van der Waals surface area contributed by atoms with E-state index in [4.69, 9.17) is 17.3 Å². The molecule has 0 radical (unpaired) electrons. The number of hydrogen-bond donors (Lipinski definition) is 2. The maximum Gasteiger partial charge on any atom is 0.225 e. The van der Waals surface area contributed by atoms with E-state index >= 15 is 0 Å². The van der Waals surface area contributed by atoms with E-state index < -0.39 is 0 Å². The molecule has 5 heteroatoms. The quantitative estimate of drug-likeness (QED) is 0.891. The molecule has 3 N–H and O–H groups in total. The first-order valence-electron chi connectivity index (χ1n) is 4.08. The first-order valence-corrected chi connectivity index (χ1v) is 5.25. The Morgan fingerprint density at radius 2 is 2.29 bits per heavy atom. The Morgan fingerprint density at radius 1 is 1.57 bits per heavy atom. The number of nitrogens with one attached hydrogen (secondary N) is 1. The van der Waals surface area contributed by atoms with Gasteiger partial charge in [-0.15, -0.1) is 0 Å². The smallest absolute Gasteiger partial charge is 0.225 e. The van der Waals surface area contributed by atoms with Crippen molar-refractivity contribution in [2.45, 2.75) is 6.42 Å². The number of amides is 1. The summed E-state index contributed by atoms with van der Waals surface area (Å²) in [4.78, 5) is 11.2. The summed E-state index contributed by atoms with van der Waals surface area (Å²) in [5, 5.41) is 3.18. The second-order valence-corrected chi connectivity index (χ2v) is 4.03. The van der Waals surface area contributed by atoms with E-state index in [2.05, 4.69) is 21.2 Å². The fourth-order valence-corrected chi connectivity index (χ4v) is 1.46. The van der Waals surface area contributed by atoms with Gasteiger partial charge in [0.1, 0.15) is 0 Å². The average Bonchev–Trinajstić information content (AvgIpc) is 2.12. The first-order chi connectivity index (χ1) is 6.63. The van der Waals surface area contributed by atoms with Crippen LogP contribution in [0.2, 0.25) is 5.02 Å². The van der Waals surface area contributed by atoms with E-state index in [9.17, 15) is 4.79 Å². The van der Waals surface area contributed by atoms with E-state index in [1.54, 1.807) is 18.2 Å². The minimum Gasteiger partial charge on any atom is -0.330 e. The van der Waals surface area contributed by atoms with Crippen LogP contribution in [0, 0.1) is 0 Å². The zero-order chi connectivity index (χ0) is 10.6. The molecular weight excluding hydrogens is 267 g/mol. The molecule has 0 aliphatic rings. The predicted octanol–water partition coefficient (Wildman–Crippen LogP) is 2.39. The van der Waals surface area contributed by atoms with Crippen LogP contribution < -0.4 is 11.1 Å². The Morgan fingerprint density at radius 3 is 2.93 bits per heavy atom. The Hall–Kier alpha value is -0.580. The molecule has 1 amide bonds. The molecule has 0 unspecified atom stereocenters. The van der Waals surface area contributed by atoms with Crippen LogP contribution in [0.25, 0.3) is 0 Å². The molecule has 1 aromatic rings. The monoisotopic (exact) mass is 276 g/mol. The molecule has 1 rings (SSSR count). The second-order valence-electron chi connectivity index (χ2n) is 2.71. The minimum absolute atomic E-state index is 0.132. The van der Waals surface area contributed by atoms with Crippen LogP contribution in [0.5, 0.6) is 0 Å². The number of halogens is 2. The van der Waals surface area contributed by atoms with Crippen LogP contribution in [-0.2, 0) is 4.79 Å². The molecule has 0 aromatic heterocycles. The SMILES string of the molecule is NCCC(=O)Nc1cc(Br)ccc1Cl. The minimum atomic E-state index is -0.132. The number of benzene rings is 1. The van der Waals surface area contributed by atoms with Crippen LogP contribution in [-0.4, -0.2) is 12.5 Å². The summed E-state index contributed by atoms with van der Waals surface area (Å²) in [6.45, 7) is 0.331. The molecule has 14 heavy (non-hydrogen) atoms. The topological polar surface area (TPSA) is 55.1 Å². The van der Waals surface area contributed by atoms with Crippen molar-refractivity contribution < 1.29 is 4.79 Å². The summed E-state index contributed by atoms with van der Waals surface area (Å²) < 4.78 is 0.866. The lowest BCUT2D eigenvalue weighted by atomic mass is 10.3. The molecule has 0 saturated heterocycles. The van der Waals surface area contributed by atoms with Gasteiger partial charge in [-0.25, -0.2) is 0 Å². The zero-order valence-corrected chi connectivity index (χ0v) is 9.73. The lowest BCUT2D eigenvalue weighted by molar-refractivity contribution is -0.116. The lowest BCUT2D eigenvalue weighted by Crippen LogP contribution is -2.16. The molecule has 0 atom stereocenters. The van der Waals surface area contributed by atoms with E-state index in [0.717, 1.165) is 4.47 Å². The van der Waals surface area contributed by atoms with Crippen molar-refractivity contribution in [3.8, 4) is 0 Å². The summed E-state index contributed by atoms with van der Waals surface area (Å²) in [6, 6.07) is 5.27. The molecule has 3 nitrogen and oxygen atoms in total. The van der Waals surface area contributed by atoms with Crippen LogP contribution in [0.3, 0.4) is 0 Å². The highest BCUT2D eigenvalue weighted by Crippen LogP contribution is 2.25. The van der Waals surface area contributed by atoms with Crippen molar-refractivity contribution in [3.63, 3.8) is 0 Å². The molecule has 76 valence electrons. The van der Waals surface area contributed by atoms with Crippen molar-refractivity contribution in [2.24, 2.45) is 5.73 Å². The van der Waals surface area contributed by atoms with Crippen LogP contribution >= 0.6 is 27.5 Å². The number of nitrogens with two attached hydrogens (primary N) is 1. The van der Waals surface area contributed by atoms with Gasteiger partial charge in [-0.1, -0.05) is 27.5 Å². The number of hydrogen-bond acceptors (Lipinski definition) is 2. The summed E-state index contributed by atoms with van der Waals surface area (Å²) in [7, 11) is 0. The molecular formula is C9H10BrClN2O. The van der Waals surface area contributed by atoms with E-state index in [-0.39, 0.29) is 5.91 Å². The average molecular weight is 278 g/mol. The summed E-state index contributed by atoms with van der Waals surface area (Å²) in [6.07, 6.45) is 0.294. The second kappa shape index (κ2) is 5.34.